The molecule has 2 aliphatic heterocycles. The number of fused-ring (bicyclic) bond motifs is 6. The van der Waals surface area contributed by atoms with Gasteiger partial charge in [-0.25, -0.2) is 0 Å². The molecule has 2 unspecified atom stereocenters. The summed E-state index contributed by atoms with van der Waals surface area (Å²) in [6.07, 6.45) is 8.14. The Bertz CT molecular complexity index is 927. The predicted octanol–water partition coefficient (Wildman–Crippen LogP) is 3.18. The molecule has 0 spiro atoms. The number of rotatable bonds is 0. The van der Waals surface area contributed by atoms with E-state index in [9.17, 15) is 5.11 Å². The fraction of sp³-hybridized carbons (Fsp3) is 0.211. The minimum Gasteiger partial charge on any atom is -0.374 e. The number of aromatic nitrogens is 2. The molecular weight excluding hydrogens is 286 g/mol. The van der Waals surface area contributed by atoms with Crippen LogP contribution in [0, 0.1) is 0 Å². The van der Waals surface area contributed by atoms with Crippen molar-refractivity contribution in [1.82, 2.24) is 14.9 Å². The quantitative estimate of drug-likeness (QED) is 0.670. The third-order valence-electron chi connectivity index (χ3n) is 5.06. The van der Waals surface area contributed by atoms with Crippen LogP contribution in [0.4, 0.5) is 0 Å². The summed E-state index contributed by atoms with van der Waals surface area (Å²) in [5, 5.41) is 12.2. The van der Waals surface area contributed by atoms with E-state index in [1.165, 1.54) is 22.2 Å². The molecule has 2 aromatic heterocycles. The van der Waals surface area contributed by atoms with Crippen LogP contribution in [0.2, 0.25) is 0 Å². The zero-order valence-electron chi connectivity index (χ0n) is 12.6. The maximum absolute atomic E-state index is 10.9. The van der Waals surface area contributed by atoms with Gasteiger partial charge >= 0.3 is 0 Å². The number of nitrogens with one attached hydrogen (secondary N) is 1. The van der Waals surface area contributed by atoms with E-state index in [1.54, 1.807) is 12.4 Å². The van der Waals surface area contributed by atoms with E-state index < -0.39 is 6.23 Å². The minimum atomic E-state index is -0.627. The number of hydrogen-bond acceptors (Lipinski definition) is 3. The molecule has 5 rings (SSSR count). The molecule has 4 heterocycles. The minimum absolute atomic E-state index is 0.0635. The molecule has 2 aliphatic rings. The number of benzene rings is 1. The molecule has 4 heteroatoms. The van der Waals surface area contributed by atoms with E-state index >= 15 is 0 Å². The van der Waals surface area contributed by atoms with Crippen molar-refractivity contribution in [3.05, 3.63) is 71.2 Å². The third kappa shape index (κ3) is 1.82. The van der Waals surface area contributed by atoms with E-state index in [4.69, 9.17) is 0 Å². The Hall–Kier alpha value is -2.43. The highest BCUT2D eigenvalue weighted by atomic mass is 16.3. The van der Waals surface area contributed by atoms with Gasteiger partial charge in [0.15, 0.2) is 0 Å². The van der Waals surface area contributed by atoms with Gasteiger partial charge in [-0.2, -0.15) is 0 Å². The standard InChI is InChI=1S/C19H17N3O/c23-19-15-11-20-9-7-12(15)5-6-17-18-14(8-10-22(17)19)13-3-1-2-4-16(13)21-18/h1-7,9,11,17,19,21,23H,8,10H2. The van der Waals surface area contributed by atoms with Gasteiger partial charge in [0.25, 0.3) is 0 Å². The second-order valence-electron chi connectivity index (χ2n) is 6.23. The van der Waals surface area contributed by atoms with Crippen molar-refractivity contribution < 1.29 is 5.11 Å². The molecule has 23 heavy (non-hydrogen) atoms. The Balaban J connectivity index is 1.69. The van der Waals surface area contributed by atoms with E-state index in [1.807, 2.05) is 6.07 Å². The van der Waals surface area contributed by atoms with Gasteiger partial charge in [0.05, 0.1) is 6.04 Å². The van der Waals surface area contributed by atoms with Crippen LogP contribution in [0.5, 0.6) is 0 Å². The van der Waals surface area contributed by atoms with Gasteiger partial charge in [-0.05, 0) is 29.7 Å². The first-order valence-electron chi connectivity index (χ1n) is 7.98. The number of pyridine rings is 1. The highest BCUT2D eigenvalue weighted by molar-refractivity contribution is 5.85. The van der Waals surface area contributed by atoms with Crippen molar-refractivity contribution >= 4 is 17.0 Å². The van der Waals surface area contributed by atoms with Gasteiger partial charge < -0.3 is 10.1 Å². The Labute approximate surface area is 134 Å². The van der Waals surface area contributed by atoms with Crippen LogP contribution in [-0.2, 0) is 6.42 Å². The van der Waals surface area contributed by atoms with Crippen molar-refractivity contribution in [2.45, 2.75) is 18.7 Å². The van der Waals surface area contributed by atoms with Gasteiger partial charge in [-0.1, -0.05) is 30.4 Å². The van der Waals surface area contributed by atoms with Crippen LogP contribution in [0.3, 0.4) is 0 Å². The average Bonchev–Trinajstić information content (AvgIpc) is 2.91. The molecule has 0 fully saturated rings. The number of aromatic amines is 1. The summed E-state index contributed by atoms with van der Waals surface area (Å²) in [6.45, 7) is 0.833. The number of aliphatic hydroxyl groups excluding tert-OH is 1. The monoisotopic (exact) mass is 303 g/mol. The molecular formula is C19H17N3O. The van der Waals surface area contributed by atoms with Crippen LogP contribution < -0.4 is 0 Å². The number of H-pyrrole nitrogens is 1. The Morgan fingerprint density at radius 2 is 2.13 bits per heavy atom. The lowest BCUT2D eigenvalue weighted by molar-refractivity contribution is -0.0206. The first kappa shape index (κ1) is 13.0. The maximum atomic E-state index is 10.9. The SMILES string of the molecule is OC1c2cnccc2C=CC2c3[nH]c4ccccc4c3CCN12. The van der Waals surface area contributed by atoms with Crippen LogP contribution >= 0.6 is 0 Å². The van der Waals surface area contributed by atoms with Crippen LogP contribution in [-0.4, -0.2) is 26.5 Å². The van der Waals surface area contributed by atoms with Crippen molar-refractivity contribution in [3.63, 3.8) is 0 Å². The number of para-hydroxylation sites is 1. The van der Waals surface area contributed by atoms with Crippen molar-refractivity contribution in [1.29, 1.82) is 0 Å². The third-order valence-corrected chi connectivity index (χ3v) is 5.06. The summed E-state index contributed by atoms with van der Waals surface area (Å²) in [4.78, 5) is 9.89. The average molecular weight is 303 g/mol. The molecule has 1 aromatic carbocycles. The lowest BCUT2D eigenvalue weighted by atomic mass is 9.97. The molecule has 4 nitrogen and oxygen atoms in total. The van der Waals surface area contributed by atoms with E-state index in [2.05, 4.69) is 51.3 Å². The predicted molar refractivity (Wildman–Crippen MR) is 89.7 cm³/mol. The second-order valence-corrected chi connectivity index (χ2v) is 6.23. The molecule has 2 N–H and O–H groups in total. The lowest BCUT2D eigenvalue weighted by Crippen LogP contribution is -2.37. The zero-order chi connectivity index (χ0) is 15.4. The van der Waals surface area contributed by atoms with Crippen LogP contribution in [0.25, 0.3) is 17.0 Å². The molecule has 3 aromatic rings. The molecule has 0 bridgehead atoms. The molecule has 2 atom stereocenters. The summed E-state index contributed by atoms with van der Waals surface area (Å²) in [5.74, 6) is 0. The van der Waals surface area contributed by atoms with Gasteiger partial charge in [-0.15, -0.1) is 0 Å². The van der Waals surface area contributed by atoms with Gasteiger partial charge in [0, 0.05) is 41.1 Å². The topological polar surface area (TPSA) is 52.2 Å². The van der Waals surface area contributed by atoms with Crippen molar-refractivity contribution in [2.75, 3.05) is 6.54 Å². The first-order valence-corrected chi connectivity index (χ1v) is 7.98. The van der Waals surface area contributed by atoms with Gasteiger partial charge in [0.1, 0.15) is 6.23 Å². The highest BCUT2D eigenvalue weighted by Gasteiger charge is 2.35. The molecule has 114 valence electrons. The summed E-state index contributed by atoms with van der Waals surface area (Å²) in [6, 6.07) is 10.5. The fourth-order valence-electron chi connectivity index (χ4n) is 3.93. The highest BCUT2D eigenvalue weighted by Crippen LogP contribution is 2.41. The molecule has 0 saturated carbocycles. The Morgan fingerprint density at radius 1 is 1.22 bits per heavy atom. The number of aliphatic hydroxyl groups is 1. The lowest BCUT2D eigenvalue weighted by Gasteiger charge is -2.36. The van der Waals surface area contributed by atoms with E-state index in [0.29, 0.717) is 0 Å². The Morgan fingerprint density at radius 3 is 3.09 bits per heavy atom. The van der Waals surface area contributed by atoms with Crippen molar-refractivity contribution in [2.24, 2.45) is 0 Å². The Kier molecular flexibility index (Phi) is 2.71. The van der Waals surface area contributed by atoms with Gasteiger partial charge in [-0.3, -0.25) is 9.88 Å². The van der Waals surface area contributed by atoms with Crippen LogP contribution in [0.1, 0.15) is 34.7 Å². The van der Waals surface area contributed by atoms with Crippen LogP contribution in [0.15, 0.2) is 48.8 Å². The summed E-state index contributed by atoms with van der Waals surface area (Å²) in [5.41, 5.74) is 5.67. The van der Waals surface area contributed by atoms with E-state index in [-0.39, 0.29) is 6.04 Å². The largest absolute Gasteiger partial charge is 0.374 e. The van der Waals surface area contributed by atoms with Crippen molar-refractivity contribution in [3.8, 4) is 0 Å². The maximum Gasteiger partial charge on any atom is 0.136 e. The second kappa shape index (κ2) is 4.78. The zero-order valence-corrected chi connectivity index (χ0v) is 12.6. The number of nitrogens with zero attached hydrogens (tertiary/aromatic N) is 2. The van der Waals surface area contributed by atoms with E-state index in [0.717, 1.165) is 24.1 Å². The fourth-order valence-corrected chi connectivity index (χ4v) is 3.93. The summed E-state index contributed by atoms with van der Waals surface area (Å²) in [7, 11) is 0. The smallest absolute Gasteiger partial charge is 0.136 e. The first-order chi connectivity index (χ1) is 11.3. The summed E-state index contributed by atoms with van der Waals surface area (Å²) < 4.78 is 0. The molecule has 0 radical (unpaired) electrons. The summed E-state index contributed by atoms with van der Waals surface area (Å²) >= 11 is 0. The van der Waals surface area contributed by atoms with Gasteiger partial charge in [0.2, 0.25) is 0 Å². The molecule has 0 saturated heterocycles. The number of hydrogen-bond donors (Lipinski definition) is 2. The normalized spacial score (nSPS) is 23.2. The molecule has 0 amide bonds. The molecule has 0 aliphatic carbocycles.